The highest BCUT2D eigenvalue weighted by Gasteiger charge is 2.27. The number of carbonyl (C=O) groups is 1. The minimum Gasteiger partial charge on any atom is -0.356 e. The van der Waals surface area contributed by atoms with Gasteiger partial charge in [-0.25, -0.2) is 0 Å². The van der Waals surface area contributed by atoms with Gasteiger partial charge in [-0.05, 0) is 37.8 Å². The Labute approximate surface area is 151 Å². The number of nitrogens with zero attached hydrogens (tertiary/aromatic N) is 2. The number of benzene rings is 1. The van der Waals surface area contributed by atoms with Crippen molar-refractivity contribution in [2.75, 3.05) is 39.3 Å². The third-order valence-corrected chi connectivity index (χ3v) is 5.51. The summed E-state index contributed by atoms with van der Waals surface area (Å²) in [5.74, 6) is 0.358. The molecule has 3 rings (SSSR count). The van der Waals surface area contributed by atoms with Crippen molar-refractivity contribution >= 4 is 5.91 Å². The van der Waals surface area contributed by atoms with Gasteiger partial charge in [-0.15, -0.1) is 0 Å². The van der Waals surface area contributed by atoms with E-state index in [1.54, 1.807) is 0 Å². The first-order chi connectivity index (χ1) is 12.2. The average Bonchev–Trinajstić information content (AvgIpc) is 3.07. The van der Waals surface area contributed by atoms with Crippen LogP contribution in [0.15, 0.2) is 30.3 Å². The van der Waals surface area contributed by atoms with E-state index >= 15 is 0 Å². The Hall–Kier alpha value is -1.43. The Morgan fingerprint density at radius 1 is 1.08 bits per heavy atom. The van der Waals surface area contributed by atoms with Crippen LogP contribution < -0.4 is 11.1 Å². The molecule has 0 bridgehead atoms. The van der Waals surface area contributed by atoms with Crippen molar-refractivity contribution in [2.45, 2.75) is 38.3 Å². The molecule has 1 aliphatic heterocycles. The average molecular weight is 345 g/mol. The van der Waals surface area contributed by atoms with E-state index in [4.69, 9.17) is 5.73 Å². The smallest absolute Gasteiger partial charge is 0.223 e. The number of hydrogen-bond donors (Lipinski definition) is 2. The Morgan fingerprint density at radius 2 is 1.80 bits per heavy atom. The van der Waals surface area contributed by atoms with Gasteiger partial charge in [0.1, 0.15) is 0 Å². The van der Waals surface area contributed by atoms with Crippen LogP contribution in [-0.4, -0.2) is 61.0 Å². The van der Waals surface area contributed by atoms with E-state index in [2.05, 4.69) is 45.4 Å². The molecule has 1 saturated heterocycles. The highest BCUT2D eigenvalue weighted by atomic mass is 16.1. The molecular formula is C20H32N4O. The lowest BCUT2D eigenvalue weighted by molar-refractivity contribution is -0.124. The molecule has 1 heterocycles. The van der Waals surface area contributed by atoms with E-state index in [1.165, 1.54) is 5.56 Å². The van der Waals surface area contributed by atoms with Gasteiger partial charge in [0.2, 0.25) is 5.91 Å². The molecular weight excluding hydrogens is 312 g/mol. The van der Waals surface area contributed by atoms with Crippen molar-refractivity contribution in [2.24, 2.45) is 11.7 Å². The molecule has 2 aliphatic rings. The van der Waals surface area contributed by atoms with Crippen LogP contribution in [0.3, 0.4) is 0 Å². The maximum atomic E-state index is 12.1. The quantitative estimate of drug-likeness (QED) is 0.735. The second kappa shape index (κ2) is 9.32. The van der Waals surface area contributed by atoms with E-state index in [0.717, 1.165) is 71.5 Å². The van der Waals surface area contributed by atoms with E-state index in [0.29, 0.717) is 0 Å². The lowest BCUT2D eigenvalue weighted by Gasteiger charge is -2.34. The molecule has 25 heavy (non-hydrogen) atoms. The summed E-state index contributed by atoms with van der Waals surface area (Å²) < 4.78 is 0. The molecule has 1 aromatic rings. The molecule has 2 unspecified atom stereocenters. The number of piperazine rings is 1. The molecule has 1 aromatic carbocycles. The summed E-state index contributed by atoms with van der Waals surface area (Å²) in [6.45, 7) is 7.41. The fourth-order valence-corrected chi connectivity index (χ4v) is 3.93. The number of carbonyl (C=O) groups excluding carboxylic acids is 1. The molecule has 3 N–H and O–H groups in total. The van der Waals surface area contributed by atoms with Gasteiger partial charge >= 0.3 is 0 Å². The van der Waals surface area contributed by atoms with Crippen LogP contribution in [0.5, 0.6) is 0 Å². The van der Waals surface area contributed by atoms with Crippen molar-refractivity contribution in [1.82, 2.24) is 15.1 Å². The van der Waals surface area contributed by atoms with Crippen LogP contribution in [0.4, 0.5) is 0 Å². The first kappa shape index (κ1) is 18.4. The SMILES string of the molecule is NC1CCC(C(=O)NCCCN2CCN(Cc3ccccc3)CC2)C1. The summed E-state index contributed by atoms with van der Waals surface area (Å²) in [4.78, 5) is 17.1. The van der Waals surface area contributed by atoms with Gasteiger partial charge in [-0.2, -0.15) is 0 Å². The normalized spacial score (nSPS) is 25.2. The lowest BCUT2D eigenvalue weighted by atomic mass is 10.1. The van der Waals surface area contributed by atoms with Gasteiger partial charge in [-0.1, -0.05) is 30.3 Å². The van der Waals surface area contributed by atoms with Gasteiger partial charge in [-0.3, -0.25) is 9.69 Å². The van der Waals surface area contributed by atoms with Crippen LogP contribution in [0.1, 0.15) is 31.2 Å². The first-order valence-electron chi connectivity index (χ1n) is 9.72. The van der Waals surface area contributed by atoms with Crippen molar-refractivity contribution in [1.29, 1.82) is 0 Å². The van der Waals surface area contributed by atoms with Crippen LogP contribution in [-0.2, 0) is 11.3 Å². The molecule has 5 heteroatoms. The van der Waals surface area contributed by atoms with E-state index in [-0.39, 0.29) is 17.9 Å². The second-order valence-corrected chi connectivity index (χ2v) is 7.52. The molecule has 1 aliphatic carbocycles. The van der Waals surface area contributed by atoms with Crippen molar-refractivity contribution in [3.05, 3.63) is 35.9 Å². The highest BCUT2D eigenvalue weighted by molar-refractivity contribution is 5.78. The minimum atomic E-state index is 0.150. The van der Waals surface area contributed by atoms with Gasteiger partial charge < -0.3 is 16.0 Å². The summed E-state index contributed by atoms with van der Waals surface area (Å²) in [6, 6.07) is 10.9. The largest absolute Gasteiger partial charge is 0.356 e. The summed E-state index contributed by atoms with van der Waals surface area (Å²) in [6.07, 6.45) is 3.83. The summed E-state index contributed by atoms with van der Waals surface area (Å²) in [5, 5.41) is 3.09. The molecule has 1 amide bonds. The minimum absolute atomic E-state index is 0.150. The zero-order chi connectivity index (χ0) is 17.5. The van der Waals surface area contributed by atoms with E-state index in [1.807, 2.05) is 0 Å². The topological polar surface area (TPSA) is 61.6 Å². The Bertz CT molecular complexity index is 528. The Morgan fingerprint density at radius 3 is 2.48 bits per heavy atom. The van der Waals surface area contributed by atoms with Gasteiger partial charge in [0.05, 0.1) is 0 Å². The molecule has 1 saturated carbocycles. The van der Waals surface area contributed by atoms with Gasteiger partial charge in [0.15, 0.2) is 0 Å². The predicted octanol–water partition coefficient (Wildman–Crippen LogP) is 1.44. The molecule has 5 nitrogen and oxygen atoms in total. The Balaban J connectivity index is 1.26. The van der Waals surface area contributed by atoms with Crippen molar-refractivity contribution < 1.29 is 4.79 Å². The predicted molar refractivity (Wildman–Crippen MR) is 101 cm³/mol. The number of hydrogen-bond acceptors (Lipinski definition) is 4. The molecule has 0 radical (unpaired) electrons. The van der Waals surface area contributed by atoms with Crippen molar-refractivity contribution in [3.8, 4) is 0 Å². The van der Waals surface area contributed by atoms with Gasteiger partial charge in [0, 0.05) is 51.2 Å². The van der Waals surface area contributed by atoms with E-state index in [9.17, 15) is 4.79 Å². The number of nitrogens with two attached hydrogens (primary N) is 1. The number of amides is 1. The molecule has 2 atom stereocenters. The zero-order valence-electron chi connectivity index (χ0n) is 15.2. The molecule has 0 aromatic heterocycles. The maximum absolute atomic E-state index is 12.1. The van der Waals surface area contributed by atoms with Crippen molar-refractivity contribution in [3.63, 3.8) is 0 Å². The van der Waals surface area contributed by atoms with Crippen LogP contribution in [0, 0.1) is 5.92 Å². The molecule has 138 valence electrons. The van der Waals surface area contributed by atoms with Crippen LogP contribution in [0.25, 0.3) is 0 Å². The summed E-state index contributed by atoms with van der Waals surface area (Å²) >= 11 is 0. The monoisotopic (exact) mass is 344 g/mol. The second-order valence-electron chi connectivity index (χ2n) is 7.52. The summed E-state index contributed by atoms with van der Waals surface area (Å²) in [7, 11) is 0. The number of rotatable bonds is 7. The van der Waals surface area contributed by atoms with Gasteiger partial charge in [0.25, 0.3) is 0 Å². The fourth-order valence-electron chi connectivity index (χ4n) is 3.93. The maximum Gasteiger partial charge on any atom is 0.223 e. The standard InChI is InChI=1S/C20H32N4O/c21-19-8-7-18(15-19)20(25)22-9-4-10-23-11-13-24(14-12-23)16-17-5-2-1-3-6-17/h1-3,5-6,18-19H,4,7-16,21H2,(H,22,25). The highest BCUT2D eigenvalue weighted by Crippen LogP contribution is 2.23. The lowest BCUT2D eigenvalue weighted by Crippen LogP contribution is -2.46. The van der Waals surface area contributed by atoms with Crippen LogP contribution in [0.2, 0.25) is 0 Å². The molecule has 2 fully saturated rings. The third-order valence-electron chi connectivity index (χ3n) is 5.51. The molecule has 0 spiro atoms. The third kappa shape index (κ3) is 5.80. The summed E-state index contributed by atoms with van der Waals surface area (Å²) in [5.41, 5.74) is 7.28. The van der Waals surface area contributed by atoms with E-state index < -0.39 is 0 Å². The Kier molecular flexibility index (Phi) is 6.84. The number of nitrogens with one attached hydrogen (secondary N) is 1. The van der Waals surface area contributed by atoms with Crippen LogP contribution >= 0.6 is 0 Å². The first-order valence-corrected chi connectivity index (χ1v) is 9.72. The fraction of sp³-hybridized carbons (Fsp3) is 0.650. The zero-order valence-corrected chi connectivity index (χ0v) is 15.2.